The van der Waals surface area contributed by atoms with Crippen molar-refractivity contribution in [2.45, 2.75) is 26.2 Å². The highest BCUT2D eigenvalue weighted by Gasteiger charge is 2.38. The molecule has 0 unspecified atom stereocenters. The minimum absolute atomic E-state index is 0.0399. The van der Waals surface area contributed by atoms with Gasteiger partial charge < -0.3 is 28.8 Å². The topological polar surface area (TPSA) is 66.4 Å². The van der Waals surface area contributed by atoms with Crippen LogP contribution >= 0.6 is 0 Å². The summed E-state index contributed by atoms with van der Waals surface area (Å²) in [5.41, 5.74) is 2.97. The van der Waals surface area contributed by atoms with Gasteiger partial charge in [-0.2, -0.15) is 0 Å². The van der Waals surface area contributed by atoms with Gasteiger partial charge in [0.1, 0.15) is 0 Å². The fraction of sp³-hybridized carbons (Fsp3) is 0.455. The van der Waals surface area contributed by atoms with E-state index in [1.807, 2.05) is 18.2 Å². The van der Waals surface area contributed by atoms with Crippen molar-refractivity contribution in [3.05, 3.63) is 34.9 Å². The second-order valence-electron chi connectivity index (χ2n) is 7.51. The van der Waals surface area contributed by atoms with Crippen LogP contribution in [0.4, 0.5) is 0 Å². The number of fused-ring (bicyclic) bond motifs is 2. The van der Waals surface area contributed by atoms with Crippen molar-refractivity contribution in [1.82, 2.24) is 0 Å². The first-order valence-corrected chi connectivity index (χ1v) is 9.44. The standard InChI is InChI=1S/C22H26O6/c1-11-6-13-7-16(25-4)22(26-5)20(23)19(13)18(12(11)2)14-8-15(24-3)21-17(9-14)27-10-28-21/h7-9,11-12,18,23H,6,10H2,1-5H3/t11-,12+,18+/m0/s1. The smallest absolute Gasteiger partial charge is 0.231 e. The number of methoxy groups -OCH3 is 3. The zero-order valence-electron chi connectivity index (χ0n) is 16.9. The lowest BCUT2D eigenvalue weighted by Gasteiger charge is -2.37. The molecule has 0 saturated heterocycles. The Balaban J connectivity index is 1.94. The summed E-state index contributed by atoms with van der Waals surface area (Å²) in [6.45, 7) is 4.63. The molecule has 1 N–H and O–H groups in total. The van der Waals surface area contributed by atoms with Crippen LogP contribution in [0.5, 0.6) is 34.5 Å². The SMILES string of the molecule is COc1cc([C@@H]2c3c(cc(OC)c(OC)c3O)C[C@H](C)[C@H]2C)cc2c1OCO2. The molecule has 0 bridgehead atoms. The molecule has 4 rings (SSSR count). The molecule has 150 valence electrons. The molecule has 0 spiro atoms. The molecule has 2 aromatic rings. The zero-order valence-corrected chi connectivity index (χ0v) is 16.9. The monoisotopic (exact) mass is 386 g/mol. The molecule has 0 fully saturated rings. The molecule has 6 heteroatoms. The van der Waals surface area contributed by atoms with Gasteiger partial charge in [0.2, 0.25) is 18.3 Å². The van der Waals surface area contributed by atoms with Crippen LogP contribution < -0.4 is 23.7 Å². The number of benzene rings is 2. The summed E-state index contributed by atoms with van der Waals surface area (Å²) < 4.78 is 27.6. The van der Waals surface area contributed by atoms with Crippen LogP contribution in [0.25, 0.3) is 0 Å². The Morgan fingerprint density at radius 2 is 1.71 bits per heavy atom. The molecule has 0 radical (unpaired) electrons. The van der Waals surface area contributed by atoms with Crippen LogP contribution in [0.1, 0.15) is 36.5 Å². The predicted molar refractivity (Wildman–Crippen MR) is 104 cm³/mol. The first kappa shape index (κ1) is 18.6. The molecule has 1 aliphatic heterocycles. The van der Waals surface area contributed by atoms with E-state index in [0.29, 0.717) is 40.6 Å². The van der Waals surface area contributed by atoms with Crippen molar-refractivity contribution in [3.8, 4) is 34.5 Å². The van der Waals surface area contributed by atoms with E-state index >= 15 is 0 Å². The Kier molecular flexibility index (Phi) is 4.65. The van der Waals surface area contributed by atoms with Gasteiger partial charge in [-0.3, -0.25) is 0 Å². The van der Waals surface area contributed by atoms with Crippen molar-refractivity contribution < 1.29 is 28.8 Å². The third-order valence-corrected chi connectivity index (χ3v) is 6.09. The third-order valence-electron chi connectivity index (χ3n) is 6.09. The largest absolute Gasteiger partial charge is 0.504 e. The molecule has 0 aromatic heterocycles. The maximum Gasteiger partial charge on any atom is 0.231 e. The third kappa shape index (κ3) is 2.70. The van der Waals surface area contributed by atoms with Gasteiger partial charge in [0.15, 0.2) is 23.0 Å². The fourth-order valence-corrected chi connectivity index (χ4v) is 4.48. The molecule has 0 saturated carbocycles. The summed E-state index contributed by atoms with van der Waals surface area (Å²) in [5, 5.41) is 11.1. The average molecular weight is 386 g/mol. The van der Waals surface area contributed by atoms with E-state index in [9.17, 15) is 5.11 Å². The minimum atomic E-state index is -0.0399. The molecule has 2 aliphatic rings. The lowest BCUT2D eigenvalue weighted by Crippen LogP contribution is -2.27. The number of hydrogen-bond donors (Lipinski definition) is 1. The maximum absolute atomic E-state index is 11.1. The Morgan fingerprint density at radius 3 is 2.39 bits per heavy atom. The Morgan fingerprint density at radius 1 is 0.964 bits per heavy atom. The van der Waals surface area contributed by atoms with E-state index in [1.54, 1.807) is 14.2 Å². The Hall–Kier alpha value is -2.76. The number of aromatic hydroxyl groups is 1. The Labute approximate surface area is 164 Å². The van der Waals surface area contributed by atoms with Gasteiger partial charge in [0, 0.05) is 11.5 Å². The van der Waals surface area contributed by atoms with Gasteiger partial charge in [0.05, 0.1) is 21.3 Å². The second-order valence-corrected chi connectivity index (χ2v) is 7.51. The molecule has 28 heavy (non-hydrogen) atoms. The normalized spacial score (nSPS) is 22.5. The van der Waals surface area contributed by atoms with Crippen molar-refractivity contribution in [2.75, 3.05) is 28.1 Å². The molecule has 0 amide bonds. The lowest BCUT2D eigenvalue weighted by molar-refractivity contribution is 0.171. The average Bonchev–Trinajstić information content (AvgIpc) is 3.17. The van der Waals surface area contributed by atoms with Crippen molar-refractivity contribution in [3.63, 3.8) is 0 Å². The van der Waals surface area contributed by atoms with Gasteiger partial charge in [0.25, 0.3) is 0 Å². The quantitative estimate of drug-likeness (QED) is 0.853. The predicted octanol–water partition coefficient (Wildman–Crippen LogP) is 4.11. The molecule has 1 heterocycles. The van der Waals surface area contributed by atoms with E-state index in [4.69, 9.17) is 23.7 Å². The summed E-state index contributed by atoms with van der Waals surface area (Å²) >= 11 is 0. The number of ether oxygens (including phenoxy) is 5. The Bertz CT molecular complexity index is 907. The molecule has 6 nitrogen and oxygen atoms in total. The molecular weight excluding hydrogens is 360 g/mol. The number of hydrogen-bond acceptors (Lipinski definition) is 6. The highest BCUT2D eigenvalue weighted by molar-refractivity contribution is 5.64. The van der Waals surface area contributed by atoms with Gasteiger partial charge in [-0.05, 0) is 47.6 Å². The summed E-state index contributed by atoms with van der Waals surface area (Å²) in [7, 11) is 4.74. The molecule has 2 aromatic carbocycles. The van der Waals surface area contributed by atoms with Crippen molar-refractivity contribution >= 4 is 0 Å². The zero-order chi connectivity index (χ0) is 20.0. The van der Waals surface area contributed by atoms with Crippen molar-refractivity contribution in [1.29, 1.82) is 0 Å². The van der Waals surface area contributed by atoms with Crippen molar-refractivity contribution in [2.24, 2.45) is 11.8 Å². The molecular formula is C22H26O6. The number of rotatable bonds is 4. The van der Waals surface area contributed by atoms with Crippen LogP contribution in [0, 0.1) is 11.8 Å². The minimum Gasteiger partial charge on any atom is -0.504 e. The first-order valence-electron chi connectivity index (χ1n) is 9.44. The van der Waals surface area contributed by atoms with E-state index < -0.39 is 0 Å². The number of phenolic OH excluding ortho intramolecular Hbond substituents is 1. The van der Waals surface area contributed by atoms with Crippen LogP contribution in [-0.4, -0.2) is 33.2 Å². The summed E-state index contributed by atoms with van der Waals surface area (Å²) in [4.78, 5) is 0. The fourth-order valence-electron chi connectivity index (χ4n) is 4.48. The van der Waals surface area contributed by atoms with E-state index in [0.717, 1.165) is 23.1 Å². The summed E-state index contributed by atoms with van der Waals surface area (Å²) in [6.07, 6.45) is 0.864. The van der Waals surface area contributed by atoms with Gasteiger partial charge >= 0.3 is 0 Å². The highest BCUT2D eigenvalue weighted by atomic mass is 16.7. The number of phenols is 1. The second kappa shape index (κ2) is 7.00. The van der Waals surface area contributed by atoms with Crippen LogP contribution in [-0.2, 0) is 6.42 Å². The van der Waals surface area contributed by atoms with Gasteiger partial charge in [-0.15, -0.1) is 0 Å². The highest BCUT2D eigenvalue weighted by Crippen LogP contribution is 2.54. The van der Waals surface area contributed by atoms with Gasteiger partial charge in [-0.1, -0.05) is 13.8 Å². The van der Waals surface area contributed by atoms with E-state index in [2.05, 4.69) is 13.8 Å². The van der Waals surface area contributed by atoms with Gasteiger partial charge in [-0.25, -0.2) is 0 Å². The van der Waals surface area contributed by atoms with E-state index in [1.165, 1.54) is 7.11 Å². The molecule has 1 aliphatic carbocycles. The summed E-state index contributed by atoms with van der Waals surface area (Å²) in [5.74, 6) is 3.65. The maximum atomic E-state index is 11.1. The summed E-state index contributed by atoms with van der Waals surface area (Å²) in [6, 6.07) is 5.95. The molecule has 3 atom stereocenters. The lowest BCUT2D eigenvalue weighted by atomic mass is 9.67. The van der Waals surface area contributed by atoms with Crippen LogP contribution in [0.3, 0.4) is 0 Å². The first-order chi connectivity index (χ1) is 13.5. The van der Waals surface area contributed by atoms with Crippen LogP contribution in [0.15, 0.2) is 18.2 Å². The van der Waals surface area contributed by atoms with E-state index in [-0.39, 0.29) is 18.5 Å². The van der Waals surface area contributed by atoms with Crippen LogP contribution in [0.2, 0.25) is 0 Å².